The Labute approximate surface area is 182 Å². The Kier molecular flexibility index (Phi) is 5.89. The monoisotopic (exact) mass is 429 g/mol. The highest BCUT2D eigenvalue weighted by molar-refractivity contribution is 6.31. The van der Waals surface area contributed by atoms with Crippen LogP contribution in [0.3, 0.4) is 0 Å². The van der Waals surface area contributed by atoms with Crippen molar-refractivity contribution in [2.75, 3.05) is 13.7 Å². The molecule has 3 nitrogen and oxygen atoms in total. The van der Waals surface area contributed by atoms with E-state index in [9.17, 15) is 4.79 Å². The first-order valence-electron chi connectivity index (χ1n) is 10.0. The zero-order valence-corrected chi connectivity index (χ0v) is 17.9. The normalized spacial score (nSPS) is 28.9. The van der Waals surface area contributed by atoms with Crippen LogP contribution >= 0.6 is 23.2 Å². The van der Waals surface area contributed by atoms with Crippen molar-refractivity contribution in [2.45, 2.75) is 24.7 Å². The summed E-state index contributed by atoms with van der Waals surface area (Å²) >= 11 is 12.9. The maximum absolute atomic E-state index is 12.6. The average molecular weight is 430 g/mol. The lowest BCUT2D eigenvalue weighted by atomic mass is 9.68. The standard InChI is InChI=1S/C24H25Cl2NO2/c1-3-17-20-11-10-19(18-9-8-16(29-2)12-22(18)26)23(21(17)13-27-24(20)28)14-4-6-15(25)7-5-14/h3-9,12,17,19-21,23H,1,10-11,13H2,2H3,(H,27,28)/t17?,19-,20?,21+,23-/m0/s1. The third kappa shape index (κ3) is 3.78. The van der Waals surface area contributed by atoms with E-state index in [0.29, 0.717) is 11.6 Å². The molecule has 2 fully saturated rings. The Bertz CT molecular complexity index is 912. The first-order chi connectivity index (χ1) is 14.0. The van der Waals surface area contributed by atoms with Crippen molar-refractivity contribution >= 4 is 29.1 Å². The molecule has 1 amide bonds. The minimum absolute atomic E-state index is 0.0388. The summed E-state index contributed by atoms with van der Waals surface area (Å²) in [6.45, 7) is 4.72. The maximum Gasteiger partial charge on any atom is 0.223 e. The van der Waals surface area contributed by atoms with Gasteiger partial charge in [0.2, 0.25) is 5.91 Å². The molecule has 2 unspecified atom stereocenters. The molecule has 0 radical (unpaired) electrons. The number of allylic oxidation sites excluding steroid dienone is 1. The SMILES string of the molecule is C=CC1C2CC[C@@H](c3ccc(OC)cc3Cl)[C@H](c3ccc(Cl)cc3)[C@@H]1CNC2=O. The fourth-order valence-electron chi connectivity index (χ4n) is 5.27. The van der Waals surface area contributed by atoms with Crippen molar-refractivity contribution in [2.24, 2.45) is 17.8 Å². The van der Waals surface area contributed by atoms with Crippen LogP contribution in [-0.4, -0.2) is 19.6 Å². The van der Waals surface area contributed by atoms with Gasteiger partial charge in [0, 0.05) is 22.5 Å². The van der Waals surface area contributed by atoms with E-state index in [4.69, 9.17) is 27.9 Å². The zero-order chi connectivity index (χ0) is 20.5. The van der Waals surface area contributed by atoms with Crippen LogP contribution in [0.4, 0.5) is 0 Å². The highest BCUT2D eigenvalue weighted by Gasteiger charge is 2.46. The minimum atomic E-state index is -0.0388. The summed E-state index contributed by atoms with van der Waals surface area (Å²) in [5.41, 5.74) is 2.33. The molecule has 1 aliphatic heterocycles. The number of nitrogens with one attached hydrogen (secondary N) is 1. The molecule has 5 atom stereocenters. The first-order valence-corrected chi connectivity index (χ1v) is 10.8. The fourth-order valence-corrected chi connectivity index (χ4v) is 5.71. The minimum Gasteiger partial charge on any atom is -0.497 e. The Morgan fingerprint density at radius 3 is 2.48 bits per heavy atom. The highest BCUT2D eigenvalue weighted by atomic mass is 35.5. The van der Waals surface area contributed by atoms with Crippen LogP contribution in [0.1, 0.15) is 35.8 Å². The van der Waals surface area contributed by atoms with Gasteiger partial charge in [-0.25, -0.2) is 0 Å². The number of carbonyl (C=O) groups is 1. The van der Waals surface area contributed by atoms with E-state index < -0.39 is 0 Å². The Balaban J connectivity index is 1.84. The van der Waals surface area contributed by atoms with Crippen LogP contribution in [0.25, 0.3) is 0 Å². The molecule has 2 bridgehead atoms. The van der Waals surface area contributed by atoms with Gasteiger partial charge in [-0.15, -0.1) is 6.58 Å². The number of methoxy groups -OCH3 is 1. The van der Waals surface area contributed by atoms with Crippen LogP contribution in [0.2, 0.25) is 10.0 Å². The van der Waals surface area contributed by atoms with Crippen molar-refractivity contribution in [3.63, 3.8) is 0 Å². The van der Waals surface area contributed by atoms with E-state index in [-0.39, 0.29) is 35.5 Å². The molecule has 2 aliphatic rings. The number of halogens is 2. The van der Waals surface area contributed by atoms with Gasteiger partial charge >= 0.3 is 0 Å². The van der Waals surface area contributed by atoms with E-state index in [1.807, 2.05) is 30.3 Å². The van der Waals surface area contributed by atoms with Crippen molar-refractivity contribution in [3.8, 4) is 5.75 Å². The zero-order valence-electron chi connectivity index (χ0n) is 16.4. The number of hydrogen-bond donors (Lipinski definition) is 1. The van der Waals surface area contributed by atoms with E-state index >= 15 is 0 Å². The molecule has 0 aromatic heterocycles. The lowest BCUT2D eigenvalue weighted by Gasteiger charge is -2.40. The average Bonchev–Trinajstić information content (AvgIpc) is 2.84. The van der Waals surface area contributed by atoms with Gasteiger partial charge in [0.15, 0.2) is 0 Å². The van der Waals surface area contributed by atoms with Gasteiger partial charge < -0.3 is 10.1 Å². The predicted octanol–water partition coefficient (Wildman–Crippen LogP) is 5.83. The summed E-state index contributed by atoms with van der Waals surface area (Å²) in [7, 11) is 1.64. The summed E-state index contributed by atoms with van der Waals surface area (Å²) in [6.07, 6.45) is 3.68. The molecular weight excluding hydrogens is 405 g/mol. The summed E-state index contributed by atoms with van der Waals surface area (Å²) < 4.78 is 5.34. The molecule has 1 heterocycles. The molecule has 5 heteroatoms. The quantitative estimate of drug-likeness (QED) is 0.620. The van der Waals surface area contributed by atoms with Crippen LogP contribution < -0.4 is 10.1 Å². The number of ether oxygens (including phenoxy) is 1. The van der Waals surface area contributed by atoms with E-state index in [0.717, 1.165) is 29.2 Å². The molecule has 1 N–H and O–H groups in total. The van der Waals surface area contributed by atoms with Crippen molar-refractivity contribution in [3.05, 3.63) is 76.3 Å². The third-order valence-electron chi connectivity index (χ3n) is 6.63. The fraction of sp³-hybridized carbons (Fsp3) is 0.375. The largest absolute Gasteiger partial charge is 0.497 e. The van der Waals surface area contributed by atoms with E-state index in [2.05, 4.69) is 30.1 Å². The Morgan fingerprint density at radius 1 is 1.10 bits per heavy atom. The Hall–Kier alpha value is -1.97. The molecule has 1 saturated heterocycles. The van der Waals surface area contributed by atoms with Crippen molar-refractivity contribution in [1.82, 2.24) is 5.32 Å². The molecule has 152 valence electrons. The maximum atomic E-state index is 12.6. The van der Waals surface area contributed by atoms with Crippen molar-refractivity contribution < 1.29 is 9.53 Å². The first kappa shape index (κ1) is 20.3. The van der Waals surface area contributed by atoms with Crippen molar-refractivity contribution in [1.29, 1.82) is 0 Å². The second-order valence-electron chi connectivity index (χ2n) is 7.98. The molecule has 2 aromatic carbocycles. The van der Waals surface area contributed by atoms with Gasteiger partial charge in [0.05, 0.1) is 7.11 Å². The third-order valence-corrected chi connectivity index (χ3v) is 7.20. The highest BCUT2D eigenvalue weighted by Crippen LogP contribution is 2.52. The second kappa shape index (κ2) is 8.41. The molecule has 1 aliphatic carbocycles. The number of benzene rings is 2. The van der Waals surface area contributed by atoms with Gasteiger partial charge in [-0.05, 0) is 71.9 Å². The summed E-state index contributed by atoms with van der Waals surface area (Å²) in [5.74, 6) is 1.64. The van der Waals surface area contributed by atoms with Crippen LogP contribution in [0.15, 0.2) is 55.1 Å². The van der Waals surface area contributed by atoms with Crippen LogP contribution in [0.5, 0.6) is 5.75 Å². The molecule has 1 saturated carbocycles. The molecule has 4 rings (SSSR count). The van der Waals surface area contributed by atoms with E-state index in [1.165, 1.54) is 5.56 Å². The molecule has 29 heavy (non-hydrogen) atoms. The van der Waals surface area contributed by atoms with Crippen LogP contribution in [-0.2, 0) is 4.79 Å². The number of amides is 1. The number of hydrogen-bond acceptors (Lipinski definition) is 2. The lowest BCUT2D eigenvalue weighted by molar-refractivity contribution is -0.129. The summed E-state index contributed by atoms with van der Waals surface area (Å²) in [6, 6.07) is 14.0. The van der Waals surface area contributed by atoms with Gasteiger partial charge in [0.1, 0.15) is 5.75 Å². The van der Waals surface area contributed by atoms with Gasteiger partial charge in [0.25, 0.3) is 0 Å². The van der Waals surface area contributed by atoms with Gasteiger partial charge in [-0.1, -0.05) is 47.5 Å². The van der Waals surface area contributed by atoms with Gasteiger partial charge in [-0.2, -0.15) is 0 Å². The number of fused-ring (bicyclic) bond motifs is 2. The number of piperidine rings is 1. The molecule has 2 aromatic rings. The predicted molar refractivity (Wildman–Crippen MR) is 118 cm³/mol. The Morgan fingerprint density at radius 2 is 1.83 bits per heavy atom. The number of carbonyl (C=O) groups excluding carboxylic acids is 1. The smallest absolute Gasteiger partial charge is 0.223 e. The van der Waals surface area contributed by atoms with Crippen LogP contribution in [0, 0.1) is 17.8 Å². The topological polar surface area (TPSA) is 38.3 Å². The second-order valence-corrected chi connectivity index (χ2v) is 8.82. The molecule has 0 spiro atoms. The summed E-state index contributed by atoms with van der Waals surface area (Å²) in [4.78, 5) is 12.6. The lowest BCUT2D eigenvalue weighted by Crippen LogP contribution is -2.48. The number of rotatable bonds is 4. The van der Waals surface area contributed by atoms with Gasteiger partial charge in [-0.3, -0.25) is 4.79 Å². The molecular formula is C24H25Cl2NO2. The summed E-state index contributed by atoms with van der Waals surface area (Å²) in [5, 5.41) is 4.57. The van der Waals surface area contributed by atoms with E-state index in [1.54, 1.807) is 7.11 Å².